The molecule has 9 heteroatoms. The van der Waals surface area contributed by atoms with Gasteiger partial charge < -0.3 is 10.6 Å². The summed E-state index contributed by atoms with van der Waals surface area (Å²) in [7, 11) is 1.70. The topological polar surface area (TPSA) is 42.9 Å². The van der Waals surface area contributed by atoms with Crippen LogP contribution in [0.5, 0.6) is 0 Å². The molecule has 0 amide bonds. The molecule has 0 aliphatic carbocycles. The lowest BCUT2D eigenvalue weighted by Gasteiger charge is -2.35. The number of nitrogens with zero attached hydrogens (tertiary/aromatic N) is 3. The lowest BCUT2D eigenvalue weighted by Crippen LogP contribution is -2.48. The third-order valence-electron chi connectivity index (χ3n) is 5.15. The van der Waals surface area contributed by atoms with E-state index in [2.05, 4.69) is 27.4 Å². The molecule has 2 rings (SSSR count). The van der Waals surface area contributed by atoms with Crippen molar-refractivity contribution < 1.29 is 13.2 Å². The molecule has 2 N–H and O–H groups in total. The summed E-state index contributed by atoms with van der Waals surface area (Å²) in [5.41, 5.74) is 0. The van der Waals surface area contributed by atoms with E-state index in [-0.39, 0.29) is 30.0 Å². The molecule has 2 unspecified atom stereocenters. The highest BCUT2D eigenvalue weighted by molar-refractivity contribution is 14.0. The van der Waals surface area contributed by atoms with E-state index in [0.717, 1.165) is 19.6 Å². The van der Waals surface area contributed by atoms with Crippen LogP contribution in [-0.2, 0) is 0 Å². The fourth-order valence-corrected chi connectivity index (χ4v) is 3.87. The Morgan fingerprint density at radius 1 is 1.19 bits per heavy atom. The molecule has 0 radical (unpaired) electrons. The van der Waals surface area contributed by atoms with E-state index >= 15 is 0 Å². The first kappa shape index (κ1) is 23.7. The van der Waals surface area contributed by atoms with Crippen molar-refractivity contribution in [1.82, 2.24) is 20.4 Å². The summed E-state index contributed by atoms with van der Waals surface area (Å²) in [4.78, 5) is 8.19. The molecule has 26 heavy (non-hydrogen) atoms. The van der Waals surface area contributed by atoms with Gasteiger partial charge in [0.25, 0.3) is 0 Å². The summed E-state index contributed by atoms with van der Waals surface area (Å²) >= 11 is 0. The van der Waals surface area contributed by atoms with Gasteiger partial charge in [0.15, 0.2) is 5.96 Å². The highest BCUT2D eigenvalue weighted by atomic mass is 127. The lowest BCUT2D eigenvalue weighted by molar-refractivity contribution is -0.143. The first-order chi connectivity index (χ1) is 11.9. The van der Waals surface area contributed by atoms with Crippen molar-refractivity contribution in [2.24, 2.45) is 4.99 Å². The van der Waals surface area contributed by atoms with Crippen LogP contribution in [0, 0.1) is 0 Å². The Bertz CT molecular complexity index is 433. The number of halogens is 4. The number of nitrogens with one attached hydrogen (secondary N) is 2. The number of alkyl halides is 3. The van der Waals surface area contributed by atoms with Crippen LogP contribution in [0.15, 0.2) is 4.99 Å². The SMILES string of the molecule is CCC1CCCCN1CCNC(=NC)NC1CCN(CC(F)(F)F)C1.I. The minimum Gasteiger partial charge on any atom is -0.355 e. The maximum atomic E-state index is 12.5. The van der Waals surface area contributed by atoms with Crippen molar-refractivity contribution in [1.29, 1.82) is 0 Å². The van der Waals surface area contributed by atoms with E-state index in [4.69, 9.17) is 0 Å². The molecule has 0 saturated carbocycles. The smallest absolute Gasteiger partial charge is 0.355 e. The molecule has 0 aromatic rings. The first-order valence-corrected chi connectivity index (χ1v) is 9.41. The van der Waals surface area contributed by atoms with Gasteiger partial charge >= 0.3 is 6.18 Å². The van der Waals surface area contributed by atoms with Gasteiger partial charge in [-0.25, -0.2) is 0 Å². The van der Waals surface area contributed by atoms with E-state index in [1.165, 1.54) is 30.6 Å². The molecule has 5 nitrogen and oxygen atoms in total. The van der Waals surface area contributed by atoms with Crippen LogP contribution in [0.1, 0.15) is 39.0 Å². The normalized spacial score (nSPS) is 25.8. The van der Waals surface area contributed by atoms with Crippen LogP contribution >= 0.6 is 24.0 Å². The van der Waals surface area contributed by atoms with Crippen molar-refractivity contribution in [3.63, 3.8) is 0 Å². The Kier molecular flexibility index (Phi) is 10.5. The van der Waals surface area contributed by atoms with Crippen LogP contribution < -0.4 is 10.6 Å². The molecule has 0 aromatic heterocycles. The van der Waals surface area contributed by atoms with Gasteiger partial charge in [0.1, 0.15) is 0 Å². The maximum absolute atomic E-state index is 12.5. The number of piperidine rings is 1. The summed E-state index contributed by atoms with van der Waals surface area (Å²) in [5.74, 6) is 0.684. The number of aliphatic imine (C=N–C) groups is 1. The predicted octanol–water partition coefficient (Wildman–Crippen LogP) is 2.67. The Morgan fingerprint density at radius 2 is 1.96 bits per heavy atom. The number of hydrogen-bond acceptors (Lipinski definition) is 3. The van der Waals surface area contributed by atoms with E-state index in [9.17, 15) is 13.2 Å². The van der Waals surface area contributed by atoms with Crippen molar-refractivity contribution in [2.75, 3.05) is 46.3 Å². The first-order valence-electron chi connectivity index (χ1n) is 9.41. The van der Waals surface area contributed by atoms with E-state index in [1.54, 1.807) is 7.05 Å². The molecule has 0 spiro atoms. The molecule has 0 bridgehead atoms. The second kappa shape index (κ2) is 11.5. The van der Waals surface area contributed by atoms with Gasteiger partial charge in [-0.1, -0.05) is 13.3 Å². The molecule has 2 atom stereocenters. The van der Waals surface area contributed by atoms with E-state index < -0.39 is 12.7 Å². The fourth-order valence-electron chi connectivity index (χ4n) is 3.87. The summed E-state index contributed by atoms with van der Waals surface area (Å²) in [5, 5.41) is 6.56. The number of rotatable bonds is 6. The molecule has 2 heterocycles. The molecule has 2 aliphatic rings. The minimum absolute atomic E-state index is 0. The van der Waals surface area contributed by atoms with Crippen LogP contribution in [-0.4, -0.2) is 80.3 Å². The highest BCUT2D eigenvalue weighted by Crippen LogP contribution is 2.20. The molecule has 2 saturated heterocycles. The molecule has 2 aliphatic heterocycles. The van der Waals surface area contributed by atoms with Gasteiger partial charge in [0, 0.05) is 45.3 Å². The molecular weight excluding hydrogens is 458 g/mol. The van der Waals surface area contributed by atoms with Gasteiger partial charge in [-0.2, -0.15) is 13.2 Å². The quantitative estimate of drug-likeness (QED) is 0.341. The van der Waals surface area contributed by atoms with Crippen LogP contribution in [0.4, 0.5) is 13.2 Å². The standard InChI is InChI=1S/C17H32F3N5.HI/c1-3-15-6-4-5-9-25(15)11-8-22-16(21-2)23-14-7-10-24(12-14)13-17(18,19)20;/h14-15H,3-13H2,1-2H3,(H2,21,22,23);1H. The summed E-state index contributed by atoms with van der Waals surface area (Å²) in [6.07, 6.45) is 1.63. The van der Waals surface area contributed by atoms with Crippen molar-refractivity contribution in [3.05, 3.63) is 0 Å². The Balaban J connectivity index is 0.00000338. The average Bonchev–Trinajstić information content (AvgIpc) is 2.99. The maximum Gasteiger partial charge on any atom is 0.401 e. The second-order valence-electron chi connectivity index (χ2n) is 7.07. The molecular formula is C17H33F3IN5. The molecule has 2 fully saturated rings. The van der Waals surface area contributed by atoms with Gasteiger partial charge in [0.2, 0.25) is 0 Å². The predicted molar refractivity (Wildman–Crippen MR) is 110 cm³/mol. The zero-order valence-electron chi connectivity index (χ0n) is 15.8. The second-order valence-corrected chi connectivity index (χ2v) is 7.07. The Hall–Kier alpha value is -0.290. The highest BCUT2D eigenvalue weighted by Gasteiger charge is 2.34. The van der Waals surface area contributed by atoms with Crippen molar-refractivity contribution in [3.8, 4) is 0 Å². The third kappa shape index (κ3) is 8.16. The van der Waals surface area contributed by atoms with Gasteiger partial charge in [0.05, 0.1) is 6.54 Å². The number of likely N-dealkylation sites (tertiary alicyclic amines) is 2. The van der Waals surface area contributed by atoms with Crippen molar-refractivity contribution in [2.45, 2.75) is 57.3 Å². The fraction of sp³-hybridized carbons (Fsp3) is 0.941. The van der Waals surface area contributed by atoms with Crippen LogP contribution in [0.25, 0.3) is 0 Å². The summed E-state index contributed by atoms with van der Waals surface area (Å²) < 4.78 is 37.4. The molecule has 154 valence electrons. The third-order valence-corrected chi connectivity index (χ3v) is 5.15. The summed E-state index contributed by atoms with van der Waals surface area (Å²) in [6, 6.07) is 0.697. The zero-order chi connectivity index (χ0) is 18.3. The lowest BCUT2D eigenvalue weighted by atomic mass is 10.0. The zero-order valence-corrected chi connectivity index (χ0v) is 18.1. The summed E-state index contributed by atoms with van der Waals surface area (Å²) in [6.45, 7) is 5.22. The van der Waals surface area contributed by atoms with Gasteiger partial charge in [-0.15, -0.1) is 24.0 Å². The van der Waals surface area contributed by atoms with E-state index in [0.29, 0.717) is 31.5 Å². The molecule has 0 aromatic carbocycles. The minimum atomic E-state index is -4.13. The van der Waals surface area contributed by atoms with E-state index in [1.807, 2.05) is 0 Å². The van der Waals surface area contributed by atoms with Crippen molar-refractivity contribution >= 4 is 29.9 Å². The number of hydrogen-bond donors (Lipinski definition) is 2. The van der Waals surface area contributed by atoms with Crippen LogP contribution in [0.2, 0.25) is 0 Å². The van der Waals surface area contributed by atoms with Crippen LogP contribution in [0.3, 0.4) is 0 Å². The Morgan fingerprint density at radius 3 is 2.62 bits per heavy atom. The average molecular weight is 491 g/mol. The monoisotopic (exact) mass is 491 g/mol. The largest absolute Gasteiger partial charge is 0.401 e. The van der Waals surface area contributed by atoms with Gasteiger partial charge in [-0.3, -0.25) is 14.8 Å². The van der Waals surface area contributed by atoms with Gasteiger partial charge in [-0.05, 0) is 32.2 Å². The Labute approximate surface area is 172 Å². The number of guanidine groups is 1.